The maximum atomic E-state index is 13.8. The van der Waals surface area contributed by atoms with Crippen molar-refractivity contribution < 1.29 is 19.1 Å². The Balaban J connectivity index is 3.40. The second kappa shape index (κ2) is 15.4. The van der Waals surface area contributed by atoms with Gasteiger partial charge >= 0.3 is 6.09 Å². The number of carbonyl (C=O) groups excluding carboxylic acids is 3. The topological polar surface area (TPSA) is 112 Å². The number of nitriles is 1. The molecular weight excluding hydrogens is 476 g/mol. The molecule has 2 N–H and O–H groups in total. The molecule has 0 bridgehead atoms. The highest BCUT2D eigenvalue weighted by molar-refractivity contribution is 7.98. The number of hydrogen-bond acceptors (Lipinski definition) is 6. The number of ether oxygens (including phenoxy) is 1. The van der Waals surface area contributed by atoms with Crippen LogP contribution in [0.2, 0.25) is 0 Å². The van der Waals surface area contributed by atoms with Crippen LogP contribution in [0.15, 0.2) is 18.2 Å². The van der Waals surface area contributed by atoms with Crippen LogP contribution in [-0.2, 0) is 14.3 Å². The van der Waals surface area contributed by atoms with E-state index < -0.39 is 29.7 Å². The molecular formula is C27H42N4O4S. The Morgan fingerprint density at radius 3 is 2.44 bits per heavy atom. The fourth-order valence-electron chi connectivity index (χ4n) is 3.78. The molecule has 1 rings (SSSR count). The number of hydrogen-bond donors (Lipinski definition) is 2. The van der Waals surface area contributed by atoms with Gasteiger partial charge in [-0.2, -0.15) is 17.0 Å². The van der Waals surface area contributed by atoms with Crippen LogP contribution in [0.3, 0.4) is 0 Å². The zero-order valence-corrected chi connectivity index (χ0v) is 23.6. The van der Waals surface area contributed by atoms with Crippen LogP contribution in [0, 0.1) is 25.2 Å². The summed E-state index contributed by atoms with van der Waals surface area (Å²) in [6.07, 6.45) is 4.34. The van der Waals surface area contributed by atoms with E-state index in [-0.39, 0.29) is 12.5 Å². The summed E-state index contributed by atoms with van der Waals surface area (Å²) in [5, 5.41) is 15.2. The molecule has 3 amide bonds. The maximum absolute atomic E-state index is 13.8. The number of benzene rings is 1. The molecule has 9 heteroatoms. The molecule has 0 aliphatic carbocycles. The van der Waals surface area contributed by atoms with Crippen molar-refractivity contribution in [1.29, 1.82) is 5.26 Å². The van der Waals surface area contributed by atoms with E-state index in [0.29, 0.717) is 24.3 Å². The lowest BCUT2D eigenvalue weighted by atomic mass is 9.96. The first kappa shape index (κ1) is 31.3. The van der Waals surface area contributed by atoms with Crippen LogP contribution in [0.4, 0.5) is 4.79 Å². The van der Waals surface area contributed by atoms with Crippen LogP contribution >= 0.6 is 11.8 Å². The summed E-state index contributed by atoms with van der Waals surface area (Å²) in [6, 6.07) is 5.76. The van der Waals surface area contributed by atoms with Gasteiger partial charge in [0.05, 0.1) is 6.07 Å². The Labute approximate surface area is 220 Å². The third kappa shape index (κ3) is 10.5. The van der Waals surface area contributed by atoms with Crippen LogP contribution in [0.1, 0.15) is 76.1 Å². The number of aryl methyl sites for hydroxylation is 2. The fourth-order valence-corrected chi connectivity index (χ4v) is 4.25. The number of thioether (sulfide) groups is 1. The highest BCUT2D eigenvalue weighted by Crippen LogP contribution is 2.27. The van der Waals surface area contributed by atoms with E-state index in [1.54, 1.807) is 20.8 Å². The molecule has 2 unspecified atom stereocenters. The van der Waals surface area contributed by atoms with E-state index in [9.17, 15) is 19.6 Å². The highest BCUT2D eigenvalue weighted by atomic mass is 32.2. The third-order valence-corrected chi connectivity index (χ3v) is 6.13. The second-order valence-corrected chi connectivity index (χ2v) is 10.9. The zero-order chi connectivity index (χ0) is 27.3. The molecule has 8 nitrogen and oxygen atoms in total. The molecule has 2 atom stereocenters. The average Bonchev–Trinajstić information content (AvgIpc) is 2.78. The van der Waals surface area contributed by atoms with Gasteiger partial charge in [0.2, 0.25) is 11.8 Å². The molecule has 0 aliphatic heterocycles. The van der Waals surface area contributed by atoms with Crippen molar-refractivity contribution in [3.8, 4) is 6.07 Å². The van der Waals surface area contributed by atoms with E-state index in [1.165, 1.54) is 16.7 Å². The summed E-state index contributed by atoms with van der Waals surface area (Å²) in [6.45, 7) is 11.3. The maximum Gasteiger partial charge on any atom is 0.408 e. The van der Waals surface area contributed by atoms with E-state index in [4.69, 9.17) is 4.74 Å². The van der Waals surface area contributed by atoms with Gasteiger partial charge in [0.1, 0.15) is 24.2 Å². The molecule has 0 radical (unpaired) electrons. The van der Waals surface area contributed by atoms with Gasteiger partial charge in [-0.15, -0.1) is 0 Å². The van der Waals surface area contributed by atoms with Gasteiger partial charge in [0, 0.05) is 6.54 Å². The van der Waals surface area contributed by atoms with Crippen molar-refractivity contribution >= 4 is 29.7 Å². The molecule has 1 aromatic carbocycles. The largest absolute Gasteiger partial charge is 0.444 e. The van der Waals surface area contributed by atoms with Gasteiger partial charge in [-0.1, -0.05) is 43.5 Å². The summed E-state index contributed by atoms with van der Waals surface area (Å²) < 4.78 is 5.37. The minimum atomic E-state index is -1.00. The number of nitrogens with zero attached hydrogens (tertiary/aromatic N) is 2. The Hall–Kier alpha value is -2.73. The number of amides is 3. The molecule has 0 spiro atoms. The summed E-state index contributed by atoms with van der Waals surface area (Å²) in [4.78, 5) is 41.1. The number of unbranched alkanes of at least 4 members (excludes halogenated alkanes) is 2. The predicted octanol–water partition coefficient (Wildman–Crippen LogP) is 4.65. The molecule has 0 aliphatic rings. The Morgan fingerprint density at radius 2 is 1.89 bits per heavy atom. The minimum absolute atomic E-state index is 0.301. The first-order valence-corrected chi connectivity index (χ1v) is 13.8. The number of nitrogens with one attached hydrogen (secondary N) is 2. The quantitative estimate of drug-likeness (QED) is 0.290. The van der Waals surface area contributed by atoms with Crippen LogP contribution in [0.25, 0.3) is 0 Å². The molecule has 36 heavy (non-hydrogen) atoms. The second-order valence-electron chi connectivity index (χ2n) is 9.87. The van der Waals surface area contributed by atoms with Gasteiger partial charge in [0.25, 0.3) is 0 Å². The number of rotatable bonds is 13. The lowest BCUT2D eigenvalue weighted by molar-refractivity contribution is -0.141. The summed E-state index contributed by atoms with van der Waals surface area (Å²) in [5.41, 5.74) is 1.79. The molecule has 0 heterocycles. The van der Waals surface area contributed by atoms with Gasteiger partial charge in [0.15, 0.2) is 0 Å². The van der Waals surface area contributed by atoms with Crippen LogP contribution < -0.4 is 10.6 Å². The van der Waals surface area contributed by atoms with Crippen molar-refractivity contribution in [3.63, 3.8) is 0 Å². The number of carbonyl (C=O) groups is 3. The van der Waals surface area contributed by atoms with Gasteiger partial charge < -0.3 is 20.3 Å². The SMILES string of the molecule is CCCCCNC(=O)C(c1ccc(C)cc1C)N(CC#N)C(=O)C(CCSC)NC(=O)OC(C)(C)C. The average molecular weight is 519 g/mol. The van der Waals surface area contributed by atoms with E-state index in [1.807, 2.05) is 44.4 Å². The predicted molar refractivity (Wildman–Crippen MR) is 145 cm³/mol. The van der Waals surface area contributed by atoms with Gasteiger partial charge in [-0.25, -0.2) is 4.79 Å². The van der Waals surface area contributed by atoms with Crippen molar-refractivity contribution in [2.75, 3.05) is 25.1 Å². The summed E-state index contributed by atoms with van der Waals surface area (Å²) in [7, 11) is 0. The van der Waals surface area contributed by atoms with Crippen molar-refractivity contribution in [2.24, 2.45) is 0 Å². The van der Waals surface area contributed by atoms with Crippen LogP contribution in [0.5, 0.6) is 0 Å². The summed E-state index contributed by atoms with van der Waals surface area (Å²) in [5.74, 6) is -0.239. The fraction of sp³-hybridized carbons (Fsp3) is 0.630. The van der Waals surface area contributed by atoms with Gasteiger partial charge in [-0.05, 0) is 70.6 Å². The monoisotopic (exact) mass is 518 g/mol. The molecule has 0 saturated carbocycles. The Morgan fingerprint density at radius 1 is 1.19 bits per heavy atom. The standard InChI is InChI=1S/C27H42N4O4S/c1-8-9-10-15-29-24(32)23(21-12-11-19(2)18-20(21)3)31(16-14-28)25(33)22(13-17-36-7)30-26(34)35-27(4,5)6/h11-12,18,22-23H,8-10,13,15-17H2,1-7H3,(H,29,32)(H,30,34). The first-order chi connectivity index (χ1) is 16.9. The Bertz CT molecular complexity index is 923. The van der Waals surface area contributed by atoms with E-state index >= 15 is 0 Å². The molecule has 0 fully saturated rings. The summed E-state index contributed by atoms with van der Waals surface area (Å²) >= 11 is 1.54. The molecule has 0 aromatic heterocycles. The first-order valence-electron chi connectivity index (χ1n) is 12.5. The van der Waals surface area contributed by atoms with E-state index in [0.717, 1.165) is 30.4 Å². The lowest BCUT2D eigenvalue weighted by Gasteiger charge is -2.33. The normalized spacial score (nSPS) is 12.7. The lowest BCUT2D eigenvalue weighted by Crippen LogP contribution is -2.53. The smallest absolute Gasteiger partial charge is 0.408 e. The Kier molecular flexibility index (Phi) is 13.4. The van der Waals surface area contributed by atoms with Crippen molar-refractivity contribution in [3.05, 3.63) is 34.9 Å². The molecule has 1 aromatic rings. The van der Waals surface area contributed by atoms with E-state index in [2.05, 4.69) is 17.6 Å². The van der Waals surface area contributed by atoms with Crippen LogP contribution in [-0.4, -0.2) is 59.5 Å². The van der Waals surface area contributed by atoms with Crippen molar-refractivity contribution in [2.45, 2.75) is 84.9 Å². The highest BCUT2D eigenvalue weighted by Gasteiger charge is 2.36. The zero-order valence-electron chi connectivity index (χ0n) is 22.8. The van der Waals surface area contributed by atoms with Gasteiger partial charge in [-0.3, -0.25) is 9.59 Å². The van der Waals surface area contributed by atoms with Crippen molar-refractivity contribution in [1.82, 2.24) is 15.5 Å². The third-order valence-electron chi connectivity index (χ3n) is 5.48. The molecule has 0 saturated heterocycles. The minimum Gasteiger partial charge on any atom is -0.444 e. The number of alkyl carbamates (subject to hydrolysis) is 1. The molecule has 200 valence electrons.